The molecule has 2 saturated heterocycles. The van der Waals surface area contributed by atoms with Crippen LogP contribution < -0.4 is 16.0 Å². The number of nitrogens with zero attached hydrogens (tertiary/aromatic N) is 3. The number of halogens is 3. The average Bonchev–Trinajstić information content (AvgIpc) is 3.32. The van der Waals surface area contributed by atoms with Crippen LogP contribution in [0.15, 0.2) is 24.5 Å². The predicted octanol–water partition coefficient (Wildman–Crippen LogP) is 4.42. The van der Waals surface area contributed by atoms with E-state index in [1.165, 1.54) is 6.42 Å². The van der Waals surface area contributed by atoms with Crippen LogP contribution >= 0.6 is 0 Å². The van der Waals surface area contributed by atoms with Gasteiger partial charge in [-0.1, -0.05) is 6.42 Å². The van der Waals surface area contributed by atoms with E-state index in [4.69, 9.17) is 4.74 Å². The number of piperidine rings is 1. The second-order valence-electron chi connectivity index (χ2n) is 10.5. The summed E-state index contributed by atoms with van der Waals surface area (Å²) in [7, 11) is 0. The van der Waals surface area contributed by atoms with Gasteiger partial charge in [-0.3, -0.25) is 0 Å². The van der Waals surface area contributed by atoms with Crippen LogP contribution in [0.5, 0.6) is 0 Å². The molecule has 0 aromatic carbocycles. The molecule has 2 aliphatic heterocycles. The number of aromatic amines is 1. The monoisotopic (exact) mass is 515 g/mol. The van der Waals surface area contributed by atoms with E-state index in [-0.39, 0.29) is 23.8 Å². The summed E-state index contributed by atoms with van der Waals surface area (Å²) in [6.45, 7) is 4.06. The number of ether oxygens (including phenoxy) is 1. The van der Waals surface area contributed by atoms with Crippen molar-refractivity contribution in [3.8, 4) is 11.3 Å². The Balaban J connectivity index is 1.31. The van der Waals surface area contributed by atoms with Gasteiger partial charge in [-0.25, -0.2) is 15.0 Å². The zero-order valence-corrected chi connectivity index (χ0v) is 20.6. The van der Waals surface area contributed by atoms with E-state index in [9.17, 15) is 13.2 Å². The summed E-state index contributed by atoms with van der Waals surface area (Å²) >= 11 is 0. The molecule has 6 rings (SSSR count). The molecule has 3 aromatic heterocycles. The number of rotatable bonds is 4. The van der Waals surface area contributed by atoms with Crippen molar-refractivity contribution in [1.82, 2.24) is 30.6 Å². The van der Waals surface area contributed by atoms with Crippen molar-refractivity contribution in [3.05, 3.63) is 35.8 Å². The van der Waals surface area contributed by atoms with Gasteiger partial charge in [0.2, 0.25) is 5.95 Å². The van der Waals surface area contributed by atoms with Gasteiger partial charge in [0.15, 0.2) is 0 Å². The van der Waals surface area contributed by atoms with Gasteiger partial charge < -0.3 is 25.7 Å². The summed E-state index contributed by atoms with van der Waals surface area (Å²) in [5.74, 6) is 0.236. The van der Waals surface area contributed by atoms with Crippen LogP contribution in [-0.2, 0) is 10.9 Å². The minimum atomic E-state index is -4.59. The molecule has 0 bridgehead atoms. The molecular weight excluding hydrogens is 483 g/mol. The van der Waals surface area contributed by atoms with Crippen LogP contribution in [0.2, 0.25) is 0 Å². The Hall–Kier alpha value is -2.76. The summed E-state index contributed by atoms with van der Waals surface area (Å²) in [6, 6.07) is 3.75. The molecule has 2 unspecified atom stereocenters. The molecule has 5 heterocycles. The summed E-state index contributed by atoms with van der Waals surface area (Å²) in [5, 5.41) is 10.7. The zero-order valence-electron chi connectivity index (χ0n) is 20.6. The Morgan fingerprint density at radius 1 is 1.05 bits per heavy atom. The molecule has 2 atom stereocenters. The number of H-pyrrole nitrogens is 1. The Kier molecular flexibility index (Phi) is 6.54. The van der Waals surface area contributed by atoms with Gasteiger partial charge in [0, 0.05) is 42.5 Å². The number of aromatic nitrogens is 4. The molecule has 4 N–H and O–H groups in total. The third-order valence-corrected chi connectivity index (χ3v) is 8.10. The number of anilines is 1. The third-order valence-electron chi connectivity index (χ3n) is 8.10. The van der Waals surface area contributed by atoms with Crippen LogP contribution in [0.4, 0.5) is 19.1 Å². The smallest absolute Gasteiger partial charge is 0.369 e. The fraction of sp³-hybridized carbons (Fsp3) is 0.577. The summed E-state index contributed by atoms with van der Waals surface area (Å²) in [5.41, 5.74) is 0.887. The Morgan fingerprint density at radius 3 is 2.70 bits per heavy atom. The number of alkyl halides is 3. The van der Waals surface area contributed by atoms with Crippen molar-refractivity contribution in [2.75, 3.05) is 38.1 Å². The van der Waals surface area contributed by atoms with E-state index in [0.717, 1.165) is 63.6 Å². The van der Waals surface area contributed by atoms with Crippen molar-refractivity contribution in [3.63, 3.8) is 0 Å². The maximum Gasteiger partial charge on any atom is 0.419 e. The molecule has 8 nitrogen and oxygen atoms in total. The highest BCUT2D eigenvalue weighted by molar-refractivity contribution is 5.93. The van der Waals surface area contributed by atoms with E-state index in [0.29, 0.717) is 35.2 Å². The van der Waals surface area contributed by atoms with E-state index in [1.807, 2.05) is 6.07 Å². The van der Waals surface area contributed by atoms with Gasteiger partial charge in [0.1, 0.15) is 17.3 Å². The number of pyridine rings is 1. The van der Waals surface area contributed by atoms with Gasteiger partial charge in [0.05, 0.1) is 18.0 Å². The summed E-state index contributed by atoms with van der Waals surface area (Å²) < 4.78 is 47.8. The first-order chi connectivity index (χ1) is 17.9. The molecule has 3 aliphatic rings. The molecular formula is C26H32F3N7O. The first-order valence-electron chi connectivity index (χ1n) is 13.1. The van der Waals surface area contributed by atoms with Gasteiger partial charge in [0.25, 0.3) is 0 Å². The molecule has 198 valence electrons. The maximum absolute atomic E-state index is 14.0. The highest BCUT2D eigenvalue weighted by Gasteiger charge is 2.39. The van der Waals surface area contributed by atoms with Crippen LogP contribution in [0.3, 0.4) is 0 Å². The number of hydrogen-bond donors (Lipinski definition) is 4. The van der Waals surface area contributed by atoms with E-state index < -0.39 is 11.7 Å². The molecule has 0 amide bonds. The molecule has 1 spiro atoms. The normalized spacial score (nSPS) is 24.4. The topological polar surface area (TPSA) is 99.8 Å². The van der Waals surface area contributed by atoms with Crippen molar-refractivity contribution < 1.29 is 17.9 Å². The number of hydrogen-bond acceptors (Lipinski definition) is 7. The Bertz CT molecular complexity index is 1240. The molecule has 3 fully saturated rings. The van der Waals surface area contributed by atoms with E-state index in [1.54, 1.807) is 12.3 Å². The van der Waals surface area contributed by atoms with Crippen molar-refractivity contribution in [2.45, 2.75) is 56.8 Å². The van der Waals surface area contributed by atoms with Gasteiger partial charge in [-0.05, 0) is 62.7 Å². The largest absolute Gasteiger partial charge is 0.419 e. The second-order valence-corrected chi connectivity index (χ2v) is 10.5. The summed E-state index contributed by atoms with van der Waals surface area (Å²) in [6.07, 6.45) is 4.20. The lowest BCUT2D eigenvalue weighted by atomic mass is 9.67. The van der Waals surface area contributed by atoms with Gasteiger partial charge in [-0.15, -0.1) is 0 Å². The lowest BCUT2D eigenvalue weighted by molar-refractivity contribution is -0.137. The highest BCUT2D eigenvalue weighted by Crippen LogP contribution is 2.44. The molecule has 1 saturated carbocycles. The molecule has 1 aliphatic carbocycles. The minimum Gasteiger partial charge on any atom is -0.369 e. The SMILES string of the molecule is FC(F)(F)c1cnc(NC2CCCC3(CCNCC3)C2)nc1-c1c[nH]c2nc(C3CNCCO3)ccc12. The molecule has 37 heavy (non-hydrogen) atoms. The fourth-order valence-electron chi connectivity index (χ4n) is 6.18. The third kappa shape index (κ3) is 5.04. The average molecular weight is 516 g/mol. The van der Waals surface area contributed by atoms with E-state index >= 15 is 0 Å². The second kappa shape index (κ2) is 9.85. The quantitative estimate of drug-likeness (QED) is 0.408. The van der Waals surface area contributed by atoms with Crippen molar-refractivity contribution >= 4 is 17.0 Å². The number of nitrogens with one attached hydrogen (secondary N) is 4. The minimum absolute atomic E-state index is 0.145. The first kappa shape index (κ1) is 24.6. The predicted molar refractivity (Wildman–Crippen MR) is 134 cm³/mol. The number of fused-ring (bicyclic) bond motifs is 1. The van der Waals surface area contributed by atoms with Gasteiger partial charge >= 0.3 is 6.18 Å². The fourth-order valence-corrected chi connectivity index (χ4v) is 6.18. The summed E-state index contributed by atoms with van der Waals surface area (Å²) in [4.78, 5) is 16.2. The van der Waals surface area contributed by atoms with Gasteiger partial charge in [-0.2, -0.15) is 13.2 Å². The standard InChI is InChI=1S/C26H32F3N7O/c27-26(28,29)19-14-33-24(34-16-2-1-5-25(12-16)6-8-30-9-7-25)36-22(19)18-13-32-23-17(18)3-4-20(35-23)21-15-31-10-11-37-21/h3-4,13-14,16,21,30-31H,1-2,5-12,15H2,(H,32,35)(H,33,34,36). The lowest BCUT2D eigenvalue weighted by Crippen LogP contribution is -2.43. The molecule has 0 radical (unpaired) electrons. The number of morpholine rings is 1. The van der Waals surface area contributed by atoms with Crippen LogP contribution in [-0.4, -0.2) is 58.8 Å². The van der Waals surface area contributed by atoms with Crippen LogP contribution in [0, 0.1) is 5.41 Å². The Labute approximate surface area is 213 Å². The Morgan fingerprint density at radius 2 is 1.92 bits per heavy atom. The maximum atomic E-state index is 14.0. The van der Waals surface area contributed by atoms with Crippen LogP contribution in [0.25, 0.3) is 22.3 Å². The van der Waals surface area contributed by atoms with E-state index in [2.05, 4.69) is 35.9 Å². The van der Waals surface area contributed by atoms with Crippen molar-refractivity contribution in [2.24, 2.45) is 5.41 Å². The molecule has 3 aromatic rings. The van der Waals surface area contributed by atoms with Crippen molar-refractivity contribution in [1.29, 1.82) is 0 Å². The highest BCUT2D eigenvalue weighted by atomic mass is 19.4. The lowest BCUT2D eigenvalue weighted by Gasteiger charge is -2.44. The van der Waals surface area contributed by atoms with Crippen LogP contribution in [0.1, 0.15) is 55.9 Å². The zero-order chi connectivity index (χ0) is 25.5. The molecule has 11 heteroatoms. The first-order valence-corrected chi connectivity index (χ1v) is 13.1.